The second-order valence-electron chi connectivity index (χ2n) is 5.16. The van der Waals surface area contributed by atoms with E-state index in [0.717, 1.165) is 34.4 Å². The lowest BCUT2D eigenvalue weighted by Crippen LogP contribution is -2.19. The van der Waals surface area contributed by atoms with Crippen LogP contribution in [0.5, 0.6) is 5.75 Å². The van der Waals surface area contributed by atoms with Crippen molar-refractivity contribution in [2.75, 3.05) is 19.8 Å². The second-order valence-corrected chi connectivity index (χ2v) is 6.08. The minimum atomic E-state index is 0.163. The smallest absolute Gasteiger partial charge is 0.126 e. The summed E-state index contributed by atoms with van der Waals surface area (Å²) in [7, 11) is 0. The van der Waals surface area contributed by atoms with Gasteiger partial charge in [0, 0.05) is 29.6 Å². The van der Waals surface area contributed by atoms with Crippen LogP contribution in [0.1, 0.15) is 31.4 Å². The molecule has 1 aromatic rings. The summed E-state index contributed by atoms with van der Waals surface area (Å²) in [5.74, 6) is 1.57. The van der Waals surface area contributed by atoms with E-state index in [9.17, 15) is 0 Å². The van der Waals surface area contributed by atoms with Crippen molar-refractivity contribution in [1.82, 2.24) is 5.32 Å². The molecule has 0 saturated carbocycles. The highest BCUT2D eigenvalue weighted by molar-refractivity contribution is 9.10. The fraction of sp³-hybridized carbons (Fsp3) is 0.600. The van der Waals surface area contributed by atoms with Crippen molar-refractivity contribution in [2.45, 2.75) is 33.7 Å². The summed E-state index contributed by atoms with van der Waals surface area (Å²) in [6.07, 6.45) is 0.661. The number of halogens is 1. The van der Waals surface area contributed by atoms with Gasteiger partial charge in [-0.1, -0.05) is 29.8 Å². The summed E-state index contributed by atoms with van der Waals surface area (Å²) < 4.78 is 6.87. The summed E-state index contributed by atoms with van der Waals surface area (Å²) in [6, 6.07) is 4.15. The predicted octanol–water partition coefficient (Wildman–Crippen LogP) is 3.26. The molecule has 4 heteroatoms. The van der Waals surface area contributed by atoms with Gasteiger partial charge < -0.3 is 15.2 Å². The third-order valence-corrected chi connectivity index (χ3v) is 3.19. The van der Waals surface area contributed by atoms with Crippen LogP contribution in [-0.2, 0) is 6.54 Å². The normalized spacial score (nSPS) is 11.1. The lowest BCUT2D eigenvalue weighted by molar-refractivity contribution is 0.231. The van der Waals surface area contributed by atoms with Gasteiger partial charge in [-0.25, -0.2) is 0 Å². The first-order chi connectivity index (χ1) is 9.04. The number of aliphatic hydroxyl groups is 1. The monoisotopic (exact) mass is 329 g/mol. The van der Waals surface area contributed by atoms with E-state index in [1.54, 1.807) is 0 Å². The fourth-order valence-corrected chi connectivity index (χ4v) is 2.49. The van der Waals surface area contributed by atoms with Crippen molar-refractivity contribution >= 4 is 15.9 Å². The first-order valence-corrected chi connectivity index (χ1v) is 7.57. The number of nitrogens with one attached hydrogen (secondary N) is 1. The van der Waals surface area contributed by atoms with E-state index < -0.39 is 0 Å². The van der Waals surface area contributed by atoms with Gasteiger partial charge in [0.2, 0.25) is 0 Å². The van der Waals surface area contributed by atoms with Gasteiger partial charge in [-0.2, -0.15) is 0 Å². The van der Waals surface area contributed by atoms with Gasteiger partial charge in [-0.3, -0.25) is 0 Å². The van der Waals surface area contributed by atoms with E-state index in [1.165, 1.54) is 0 Å². The van der Waals surface area contributed by atoms with Gasteiger partial charge in [-0.05, 0) is 37.1 Å². The molecule has 1 rings (SSSR count). The summed E-state index contributed by atoms with van der Waals surface area (Å²) in [5.41, 5.74) is 2.28. The summed E-state index contributed by atoms with van der Waals surface area (Å²) >= 11 is 3.53. The molecular weight excluding hydrogens is 306 g/mol. The Labute approximate surface area is 124 Å². The maximum absolute atomic E-state index is 8.83. The highest BCUT2D eigenvalue weighted by atomic mass is 79.9. The zero-order chi connectivity index (χ0) is 14.3. The summed E-state index contributed by atoms with van der Waals surface area (Å²) in [5, 5.41) is 12.3. The summed E-state index contributed by atoms with van der Waals surface area (Å²) in [4.78, 5) is 0. The van der Waals surface area contributed by atoms with Gasteiger partial charge in [0.25, 0.3) is 0 Å². The van der Waals surface area contributed by atoms with E-state index in [4.69, 9.17) is 9.84 Å². The molecule has 3 nitrogen and oxygen atoms in total. The lowest BCUT2D eigenvalue weighted by Gasteiger charge is -2.16. The average molecular weight is 330 g/mol. The molecular formula is C15H24BrNO2. The van der Waals surface area contributed by atoms with E-state index in [0.29, 0.717) is 18.9 Å². The fourth-order valence-electron chi connectivity index (χ4n) is 1.87. The van der Waals surface area contributed by atoms with Crippen molar-refractivity contribution in [3.8, 4) is 5.75 Å². The van der Waals surface area contributed by atoms with Crippen LogP contribution in [0.2, 0.25) is 0 Å². The van der Waals surface area contributed by atoms with Gasteiger partial charge in [0.1, 0.15) is 5.75 Å². The molecule has 19 heavy (non-hydrogen) atoms. The predicted molar refractivity (Wildman–Crippen MR) is 82.6 cm³/mol. The molecule has 0 aliphatic heterocycles. The molecule has 0 aromatic heterocycles. The minimum absolute atomic E-state index is 0.163. The molecule has 2 N–H and O–H groups in total. The number of hydrogen-bond donors (Lipinski definition) is 2. The molecule has 0 spiro atoms. The van der Waals surface area contributed by atoms with E-state index in [1.807, 2.05) is 6.92 Å². The number of ether oxygens (including phenoxy) is 1. The lowest BCUT2D eigenvalue weighted by atomic mass is 10.1. The maximum Gasteiger partial charge on any atom is 0.126 e. The molecule has 0 fully saturated rings. The quantitative estimate of drug-likeness (QED) is 0.719. The standard InChI is InChI=1S/C15H24BrNO2/c1-11(2)9-17-10-13-8-14(16)7-12(3)15(13)19-6-4-5-18/h7-8,11,17-18H,4-6,9-10H2,1-3H3. The number of aliphatic hydroxyl groups excluding tert-OH is 1. The maximum atomic E-state index is 8.83. The highest BCUT2D eigenvalue weighted by Gasteiger charge is 2.09. The van der Waals surface area contributed by atoms with Crippen LogP contribution in [0.15, 0.2) is 16.6 Å². The molecule has 0 bridgehead atoms. The third kappa shape index (κ3) is 5.93. The Kier molecular flexibility index (Phi) is 7.42. The largest absolute Gasteiger partial charge is 0.493 e. The van der Waals surface area contributed by atoms with Crippen LogP contribution in [0.4, 0.5) is 0 Å². The molecule has 0 saturated heterocycles. The molecule has 0 atom stereocenters. The van der Waals surface area contributed by atoms with Gasteiger partial charge in [-0.15, -0.1) is 0 Å². The van der Waals surface area contributed by atoms with Crippen molar-refractivity contribution in [3.05, 3.63) is 27.7 Å². The van der Waals surface area contributed by atoms with Crippen molar-refractivity contribution in [2.24, 2.45) is 5.92 Å². The van der Waals surface area contributed by atoms with Crippen LogP contribution in [0.3, 0.4) is 0 Å². The summed E-state index contributed by atoms with van der Waals surface area (Å²) in [6.45, 7) is 8.93. The van der Waals surface area contributed by atoms with Crippen LogP contribution in [-0.4, -0.2) is 24.9 Å². The van der Waals surface area contributed by atoms with Gasteiger partial charge >= 0.3 is 0 Å². The van der Waals surface area contributed by atoms with E-state index in [-0.39, 0.29) is 6.61 Å². The number of benzene rings is 1. The highest BCUT2D eigenvalue weighted by Crippen LogP contribution is 2.28. The third-order valence-electron chi connectivity index (χ3n) is 2.73. The van der Waals surface area contributed by atoms with Crippen LogP contribution in [0, 0.1) is 12.8 Å². The zero-order valence-electron chi connectivity index (χ0n) is 12.0. The molecule has 108 valence electrons. The number of rotatable bonds is 8. The molecule has 0 aliphatic rings. The molecule has 0 unspecified atom stereocenters. The van der Waals surface area contributed by atoms with Crippen LogP contribution in [0.25, 0.3) is 0 Å². The Morgan fingerprint density at radius 2 is 2.11 bits per heavy atom. The molecule has 1 aromatic carbocycles. The molecule has 0 radical (unpaired) electrons. The first kappa shape index (κ1) is 16.5. The van der Waals surface area contributed by atoms with Crippen molar-refractivity contribution in [3.63, 3.8) is 0 Å². The molecule has 0 aliphatic carbocycles. The number of aryl methyl sites for hydroxylation is 1. The Balaban J connectivity index is 2.74. The Bertz CT molecular complexity index is 394. The molecule has 0 heterocycles. The second kappa shape index (κ2) is 8.56. The van der Waals surface area contributed by atoms with Crippen LogP contribution >= 0.6 is 15.9 Å². The minimum Gasteiger partial charge on any atom is -0.493 e. The van der Waals surface area contributed by atoms with Crippen molar-refractivity contribution in [1.29, 1.82) is 0 Å². The Hall–Kier alpha value is -0.580. The van der Waals surface area contributed by atoms with E-state index in [2.05, 4.69) is 47.2 Å². The average Bonchev–Trinajstić information content (AvgIpc) is 2.32. The topological polar surface area (TPSA) is 41.5 Å². The van der Waals surface area contributed by atoms with Gasteiger partial charge in [0.05, 0.1) is 6.61 Å². The molecule has 0 amide bonds. The Morgan fingerprint density at radius 1 is 1.37 bits per heavy atom. The van der Waals surface area contributed by atoms with E-state index >= 15 is 0 Å². The SMILES string of the molecule is Cc1cc(Br)cc(CNCC(C)C)c1OCCCO. The van der Waals surface area contributed by atoms with Gasteiger partial charge in [0.15, 0.2) is 0 Å². The first-order valence-electron chi connectivity index (χ1n) is 6.78. The Morgan fingerprint density at radius 3 is 2.74 bits per heavy atom. The van der Waals surface area contributed by atoms with Crippen molar-refractivity contribution < 1.29 is 9.84 Å². The zero-order valence-corrected chi connectivity index (χ0v) is 13.6. The van der Waals surface area contributed by atoms with Crippen LogP contribution < -0.4 is 10.1 Å². The number of hydrogen-bond acceptors (Lipinski definition) is 3.